The molecule has 2 aliphatic rings. The maximum absolute atomic E-state index is 13.6. The molecule has 5 heteroatoms. The summed E-state index contributed by atoms with van der Waals surface area (Å²) in [5, 5.41) is 3.09. The topological polar surface area (TPSA) is 52.7 Å². The van der Waals surface area contributed by atoms with E-state index < -0.39 is 11.6 Å². The summed E-state index contributed by atoms with van der Waals surface area (Å²) in [7, 11) is 0. The maximum atomic E-state index is 13.6. The maximum Gasteiger partial charge on any atom is 0.246 e. The number of carbonyl (C=O) groups is 2. The monoisotopic (exact) mass is 419 g/mol. The highest BCUT2D eigenvalue weighted by Gasteiger charge is 2.53. The highest BCUT2D eigenvalue weighted by Crippen LogP contribution is 2.35. The summed E-state index contributed by atoms with van der Waals surface area (Å²) in [4.78, 5) is 31.2. The first kappa shape index (κ1) is 21.4. The van der Waals surface area contributed by atoms with E-state index in [0.29, 0.717) is 31.7 Å². The van der Waals surface area contributed by atoms with E-state index in [-0.39, 0.29) is 11.8 Å². The molecule has 31 heavy (non-hydrogen) atoms. The van der Waals surface area contributed by atoms with Gasteiger partial charge in [0.05, 0.1) is 0 Å². The zero-order valence-electron chi connectivity index (χ0n) is 18.6. The fourth-order valence-corrected chi connectivity index (χ4v) is 4.99. The third kappa shape index (κ3) is 4.46. The summed E-state index contributed by atoms with van der Waals surface area (Å²) < 4.78 is 0. The van der Waals surface area contributed by atoms with Crippen LogP contribution in [0.1, 0.15) is 38.7 Å². The van der Waals surface area contributed by atoms with E-state index >= 15 is 0 Å². The summed E-state index contributed by atoms with van der Waals surface area (Å²) in [5.41, 5.74) is 1.62. The van der Waals surface area contributed by atoms with Crippen LogP contribution in [0.15, 0.2) is 60.7 Å². The Kier molecular flexibility index (Phi) is 6.30. The largest absolute Gasteiger partial charge is 0.371 e. The first-order valence-electron chi connectivity index (χ1n) is 11.5. The molecule has 164 valence electrons. The molecule has 5 nitrogen and oxygen atoms in total. The van der Waals surface area contributed by atoms with Crippen molar-refractivity contribution in [3.8, 4) is 0 Å². The molecule has 4 rings (SSSR count). The van der Waals surface area contributed by atoms with Gasteiger partial charge in [-0.1, -0.05) is 62.4 Å². The Hall–Kier alpha value is -2.82. The van der Waals surface area contributed by atoms with Crippen molar-refractivity contribution in [1.82, 2.24) is 10.2 Å². The molecule has 2 saturated heterocycles. The zero-order valence-corrected chi connectivity index (χ0v) is 18.6. The average Bonchev–Trinajstić information content (AvgIpc) is 2.79. The molecule has 2 amide bonds. The van der Waals surface area contributed by atoms with Crippen LogP contribution < -0.4 is 10.2 Å². The molecule has 0 aromatic heterocycles. The van der Waals surface area contributed by atoms with E-state index in [4.69, 9.17) is 0 Å². The van der Waals surface area contributed by atoms with Gasteiger partial charge in [0.2, 0.25) is 11.8 Å². The van der Waals surface area contributed by atoms with Crippen LogP contribution >= 0.6 is 0 Å². The lowest BCUT2D eigenvalue weighted by atomic mass is 9.80. The second-order valence-corrected chi connectivity index (χ2v) is 9.24. The minimum absolute atomic E-state index is 0.0264. The standard InChI is InChI=1S/C26H33N3O2/c1-20(2)19-23-24(30)29(16-13-21-9-5-3-6-10-21)26(25(31)27-23)14-17-28(18-15-26)22-11-7-4-8-12-22/h3-12,20,23H,13-19H2,1-2H3,(H,27,31). The van der Waals surface area contributed by atoms with E-state index in [1.54, 1.807) is 0 Å². The highest BCUT2D eigenvalue weighted by atomic mass is 16.2. The molecule has 0 radical (unpaired) electrons. The fourth-order valence-electron chi connectivity index (χ4n) is 4.99. The average molecular weight is 420 g/mol. The van der Waals surface area contributed by atoms with Crippen molar-refractivity contribution < 1.29 is 9.59 Å². The van der Waals surface area contributed by atoms with Gasteiger partial charge in [0.25, 0.3) is 0 Å². The van der Waals surface area contributed by atoms with E-state index in [0.717, 1.165) is 19.5 Å². The number of nitrogens with one attached hydrogen (secondary N) is 1. The van der Waals surface area contributed by atoms with E-state index in [1.165, 1.54) is 11.3 Å². The number of piperazine rings is 1. The van der Waals surface area contributed by atoms with Gasteiger partial charge >= 0.3 is 0 Å². The van der Waals surface area contributed by atoms with E-state index in [2.05, 4.69) is 48.3 Å². The van der Waals surface area contributed by atoms with Gasteiger partial charge in [-0.15, -0.1) is 0 Å². The number of carbonyl (C=O) groups excluding carboxylic acids is 2. The minimum Gasteiger partial charge on any atom is -0.371 e. The Morgan fingerprint density at radius 1 is 0.968 bits per heavy atom. The molecule has 2 heterocycles. The lowest BCUT2D eigenvalue weighted by molar-refractivity contribution is -0.159. The Balaban J connectivity index is 1.56. The third-order valence-corrected chi connectivity index (χ3v) is 6.69. The van der Waals surface area contributed by atoms with Gasteiger partial charge in [0.15, 0.2) is 0 Å². The van der Waals surface area contributed by atoms with Crippen LogP contribution in [0.25, 0.3) is 0 Å². The second kappa shape index (κ2) is 9.13. The Labute approximate surface area is 185 Å². The SMILES string of the molecule is CC(C)CC1NC(=O)C2(CCN(c3ccccc3)CC2)N(CCc2ccccc2)C1=O. The molecule has 1 unspecified atom stereocenters. The molecule has 1 atom stereocenters. The highest BCUT2D eigenvalue weighted by molar-refractivity contribution is 6.00. The van der Waals surface area contributed by atoms with Crippen molar-refractivity contribution in [3.63, 3.8) is 0 Å². The van der Waals surface area contributed by atoms with Gasteiger partial charge in [-0.25, -0.2) is 0 Å². The first-order valence-corrected chi connectivity index (χ1v) is 11.5. The summed E-state index contributed by atoms with van der Waals surface area (Å²) in [6, 6.07) is 20.1. The minimum atomic E-state index is -0.745. The molecule has 2 aromatic rings. The third-order valence-electron chi connectivity index (χ3n) is 6.69. The predicted molar refractivity (Wildman–Crippen MR) is 124 cm³/mol. The molecular formula is C26H33N3O2. The number of para-hydroxylation sites is 1. The van der Waals surface area contributed by atoms with Gasteiger partial charge in [0, 0.05) is 25.3 Å². The van der Waals surface area contributed by atoms with Crippen LogP contribution in [0, 0.1) is 5.92 Å². The van der Waals surface area contributed by atoms with Crippen molar-refractivity contribution in [1.29, 1.82) is 0 Å². The number of rotatable bonds is 6. The van der Waals surface area contributed by atoms with Crippen LogP contribution in [-0.2, 0) is 16.0 Å². The van der Waals surface area contributed by atoms with Crippen molar-refractivity contribution in [2.24, 2.45) is 5.92 Å². The Morgan fingerprint density at radius 2 is 1.58 bits per heavy atom. The van der Waals surface area contributed by atoms with Crippen LogP contribution in [0.3, 0.4) is 0 Å². The zero-order chi connectivity index (χ0) is 21.8. The molecule has 2 aromatic carbocycles. The number of piperidine rings is 1. The molecule has 2 fully saturated rings. The molecular weight excluding hydrogens is 386 g/mol. The van der Waals surface area contributed by atoms with Crippen molar-refractivity contribution in [3.05, 3.63) is 66.2 Å². The first-order chi connectivity index (χ1) is 15.0. The second-order valence-electron chi connectivity index (χ2n) is 9.24. The smallest absolute Gasteiger partial charge is 0.246 e. The Bertz CT molecular complexity index is 889. The Morgan fingerprint density at radius 3 is 2.19 bits per heavy atom. The summed E-state index contributed by atoms with van der Waals surface area (Å²) in [6.45, 7) is 6.30. The van der Waals surface area contributed by atoms with Crippen LogP contribution in [0.4, 0.5) is 5.69 Å². The normalized spacial score (nSPS) is 20.9. The summed E-state index contributed by atoms with van der Waals surface area (Å²) in [6.07, 6.45) is 2.75. The lowest BCUT2D eigenvalue weighted by Gasteiger charge is -2.52. The van der Waals surface area contributed by atoms with Crippen molar-refractivity contribution >= 4 is 17.5 Å². The summed E-state index contributed by atoms with van der Waals surface area (Å²) in [5.74, 6) is 0.454. The van der Waals surface area contributed by atoms with Gasteiger partial charge < -0.3 is 15.1 Å². The fraction of sp³-hybridized carbons (Fsp3) is 0.462. The number of hydrogen-bond acceptors (Lipinski definition) is 3. The molecule has 0 saturated carbocycles. The van der Waals surface area contributed by atoms with Crippen molar-refractivity contribution in [2.45, 2.75) is 51.1 Å². The summed E-state index contributed by atoms with van der Waals surface area (Å²) >= 11 is 0. The van der Waals surface area contributed by atoms with Crippen LogP contribution in [0.5, 0.6) is 0 Å². The van der Waals surface area contributed by atoms with Crippen LogP contribution in [0.2, 0.25) is 0 Å². The quantitative estimate of drug-likeness (QED) is 0.778. The van der Waals surface area contributed by atoms with Gasteiger partial charge in [-0.2, -0.15) is 0 Å². The van der Waals surface area contributed by atoms with Gasteiger partial charge in [-0.3, -0.25) is 9.59 Å². The van der Waals surface area contributed by atoms with E-state index in [1.807, 2.05) is 41.3 Å². The number of anilines is 1. The number of nitrogens with zero attached hydrogens (tertiary/aromatic N) is 2. The number of amides is 2. The lowest BCUT2D eigenvalue weighted by Crippen LogP contribution is -2.73. The molecule has 1 spiro atoms. The molecule has 0 aliphatic carbocycles. The molecule has 1 N–H and O–H groups in total. The van der Waals surface area contributed by atoms with E-state index in [9.17, 15) is 9.59 Å². The van der Waals surface area contributed by atoms with Crippen LogP contribution in [-0.4, -0.2) is 47.9 Å². The predicted octanol–water partition coefficient (Wildman–Crippen LogP) is 3.64. The van der Waals surface area contributed by atoms with Crippen molar-refractivity contribution in [2.75, 3.05) is 24.5 Å². The number of benzene rings is 2. The molecule has 2 aliphatic heterocycles. The molecule has 0 bridgehead atoms. The van der Waals surface area contributed by atoms with Gasteiger partial charge in [-0.05, 0) is 49.3 Å². The van der Waals surface area contributed by atoms with Gasteiger partial charge in [0.1, 0.15) is 11.6 Å². The number of hydrogen-bond donors (Lipinski definition) is 1.